The number of nitrogens with one attached hydrogen (secondary N) is 1. The molecular formula is C11H23Cl2N2O5P. The predicted molar refractivity (Wildman–Crippen MR) is 82.6 cm³/mol. The Morgan fingerprint density at radius 3 is 2.10 bits per heavy atom. The molecule has 0 saturated carbocycles. The van der Waals surface area contributed by atoms with Gasteiger partial charge >= 0.3 is 7.67 Å². The lowest BCUT2D eigenvalue weighted by atomic mass is 10.4. The van der Waals surface area contributed by atoms with Crippen molar-refractivity contribution in [3.8, 4) is 0 Å². The van der Waals surface area contributed by atoms with Gasteiger partial charge in [0.05, 0.1) is 6.42 Å². The third kappa shape index (κ3) is 8.98. The minimum atomic E-state index is -4.03. The van der Waals surface area contributed by atoms with Crippen molar-refractivity contribution in [2.75, 3.05) is 38.1 Å². The molecule has 0 saturated heterocycles. The maximum absolute atomic E-state index is 12.2. The molecule has 21 heavy (non-hydrogen) atoms. The minimum Gasteiger partial charge on any atom is -0.352 e. The highest BCUT2D eigenvalue weighted by atomic mass is 35.5. The summed E-state index contributed by atoms with van der Waals surface area (Å²) < 4.78 is 23.7. The molecule has 1 atom stereocenters. The molecule has 0 heterocycles. The minimum absolute atomic E-state index is 0.142. The lowest BCUT2D eigenvalue weighted by Gasteiger charge is -2.26. The van der Waals surface area contributed by atoms with E-state index in [9.17, 15) is 14.3 Å². The number of amides is 1. The van der Waals surface area contributed by atoms with Gasteiger partial charge in [-0.3, -0.25) is 9.88 Å². The smallest absolute Gasteiger partial charge is 0.352 e. The molecule has 0 rings (SSSR count). The summed E-state index contributed by atoms with van der Waals surface area (Å²) in [6.45, 7) is 4.57. The maximum Gasteiger partial charge on any atom is 0.368 e. The van der Waals surface area contributed by atoms with Gasteiger partial charge in [0, 0.05) is 38.1 Å². The number of ether oxygens (including phenoxy) is 2. The van der Waals surface area contributed by atoms with E-state index in [4.69, 9.17) is 32.7 Å². The van der Waals surface area contributed by atoms with Gasteiger partial charge in [0.2, 0.25) is 5.91 Å². The SMILES string of the molecule is CCOC(CC(=O)NP(=O)(O)N(CCCl)CCCl)OCC. The van der Waals surface area contributed by atoms with Gasteiger partial charge in [-0.25, -0.2) is 9.24 Å². The Morgan fingerprint density at radius 2 is 1.71 bits per heavy atom. The second-order valence-corrected chi connectivity index (χ2v) is 6.59. The highest BCUT2D eigenvalue weighted by Crippen LogP contribution is 2.40. The molecule has 0 radical (unpaired) electrons. The van der Waals surface area contributed by atoms with Gasteiger partial charge in [-0.05, 0) is 13.8 Å². The Kier molecular flexibility index (Phi) is 11.7. The molecule has 1 amide bonds. The molecule has 7 nitrogen and oxygen atoms in total. The molecule has 2 N–H and O–H groups in total. The molecule has 0 bridgehead atoms. The molecular weight excluding hydrogens is 342 g/mol. The van der Waals surface area contributed by atoms with Crippen LogP contribution in [0.25, 0.3) is 0 Å². The van der Waals surface area contributed by atoms with Gasteiger partial charge in [0.15, 0.2) is 6.29 Å². The number of alkyl halides is 2. The van der Waals surface area contributed by atoms with Crippen LogP contribution in [0.3, 0.4) is 0 Å². The van der Waals surface area contributed by atoms with E-state index in [-0.39, 0.29) is 31.3 Å². The number of carbonyl (C=O) groups is 1. The summed E-state index contributed by atoms with van der Waals surface area (Å²) in [6.07, 6.45) is -0.906. The van der Waals surface area contributed by atoms with Crippen LogP contribution in [-0.4, -0.2) is 59.8 Å². The van der Waals surface area contributed by atoms with Crippen molar-refractivity contribution in [2.24, 2.45) is 0 Å². The number of hydrogen-bond donors (Lipinski definition) is 2. The fourth-order valence-corrected chi connectivity index (χ4v) is 3.49. The zero-order chi connectivity index (χ0) is 16.3. The number of nitrogens with zero attached hydrogens (tertiary/aromatic N) is 1. The van der Waals surface area contributed by atoms with E-state index in [1.807, 2.05) is 0 Å². The van der Waals surface area contributed by atoms with E-state index in [0.29, 0.717) is 13.2 Å². The average Bonchev–Trinajstić information content (AvgIpc) is 2.38. The van der Waals surface area contributed by atoms with Gasteiger partial charge < -0.3 is 14.4 Å². The quantitative estimate of drug-likeness (QED) is 0.311. The van der Waals surface area contributed by atoms with Crippen LogP contribution in [0.4, 0.5) is 0 Å². The van der Waals surface area contributed by atoms with Gasteiger partial charge in [-0.1, -0.05) is 0 Å². The summed E-state index contributed by atoms with van der Waals surface area (Å²) in [5.74, 6) is -0.336. The van der Waals surface area contributed by atoms with E-state index < -0.39 is 19.9 Å². The predicted octanol–water partition coefficient (Wildman–Crippen LogP) is 1.77. The lowest BCUT2D eigenvalue weighted by Crippen LogP contribution is -2.36. The van der Waals surface area contributed by atoms with Crippen molar-refractivity contribution in [2.45, 2.75) is 26.6 Å². The van der Waals surface area contributed by atoms with Crippen LogP contribution in [0.15, 0.2) is 0 Å². The molecule has 1 unspecified atom stereocenters. The Bertz CT molecular complexity index is 337. The summed E-state index contributed by atoms with van der Waals surface area (Å²) in [7, 11) is -4.03. The molecule has 0 aliphatic rings. The first-order valence-corrected chi connectivity index (χ1v) is 9.33. The van der Waals surface area contributed by atoms with E-state index in [1.54, 1.807) is 13.8 Å². The molecule has 126 valence electrons. The van der Waals surface area contributed by atoms with Gasteiger partial charge in [-0.15, -0.1) is 23.2 Å². The Labute approximate surface area is 135 Å². The molecule has 0 aliphatic carbocycles. The zero-order valence-electron chi connectivity index (χ0n) is 12.3. The summed E-state index contributed by atoms with van der Waals surface area (Å²) >= 11 is 11.1. The third-order valence-corrected chi connectivity index (χ3v) is 4.44. The van der Waals surface area contributed by atoms with Crippen molar-refractivity contribution in [1.29, 1.82) is 0 Å². The molecule has 0 aromatic carbocycles. The number of hydrogen-bond acceptors (Lipinski definition) is 4. The standard InChI is InChI=1S/C11H23Cl2N2O5P/c1-3-19-11(20-4-2)9-10(16)14-21(17,18)15(7-5-12)8-6-13/h11H,3-9H2,1-2H3,(H2,14,16,17,18). The van der Waals surface area contributed by atoms with Crippen LogP contribution in [0.5, 0.6) is 0 Å². The van der Waals surface area contributed by atoms with Crippen LogP contribution in [-0.2, 0) is 18.8 Å². The monoisotopic (exact) mass is 364 g/mol. The van der Waals surface area contributed by atoms with Crippen LogP contribution in [0.1, 0.15) is 20.3 Å². The van der Waals surface area contributed by atoms with Gasteiger partial charge in [-0.2, -0.15) is 0 Å². The van der Waals surface area contributed by atoms with Crippen molar-refractivity contribution >= 4 is 36.8 Å². The van der Waals surface area contributed by atoms with Crippen molar-refractivity contribution in [1.82, 2.24) is 9.76 Å². The first-order chi connectivity index (χ1) is 9.91. The van der Waals surface area contributed by atoms with Gasteiger partial charge in [0.1, 0.15) is 0 Å². The second-order valence-electron chi connectivity index (χ2n) is 3.96. The van der Waals surface area contributed by atoms with Crippen LogP contribution >= 0.6 is 30.9 Å². The number of rotatable bonds is 12. The summed E-state index contributed by atoms with van der Waals surface area (Å²) in [5, 5.41) is 2.09. The fraction of sp³-hybridized carbons (Fsp3) is 0.909. The maximum atomic E-state index is 12.2. The highest BCUT2D eigenvalue weighted by Gasteiger charge is 2.30. The molecule has 0 aliphatic heterocycles. The normalized spacial score (nSPS) is 14.4. The summed E-state index contributed by atoms with van der Waals surface area (Å²) in [5.41, 5.74) is 0. The van der Waals surface area contributed by atoms with E-state index in [2.05, 4.69) is 5.09 Å². The average molecular weight is 365 g/mol. The van der Waals surface area contributed by atoms with E-state index in [0.717, 1.165) is 4.67 Å². The van der Waals surface area contributed by atoms with E-state index in [1.165, 1.54) is 0 Å². The lowest BCUT2D eigenvalue weighted by molar-refractivity contribution is -0.152. The topological polar surface area (TPSA) is 88.1 Å². The fourth-order valence-electron chi connectivity index (χ4n) is 1.55. The van der Waals surface area contributed by atoms with Crippen molar-refractivity contribution < 1.29 is 23.7 Å². The first-order valence-electron chi connectivity index (χ1n) is 6.65. The molecule has 0 fully saturated rings. The largest absolute Gasteiger partial charge is 0.368 e. The third-order valence-electron chi connectivity index (χ3n) is 2.40. The van der Waals surface area contributed by atoms with Crippen LogP contribution < -0.4 is 5.09 Å². The van der Waals surface area contributed by atoms with Crippen molar-refractivity contribution in [3.05, 3.63) is 0 Å². The zero-order valence-corrected chi connectivity index (χ0v) is 14.7. The first kappa shape index (κ1) is 21.1. The molecule has 10 heteroatoms. The Hall–Kier alpha value is 0.120. The molecule has 0 spiro atoms. The molecule has 0 aromatic heterocycles. The number of halogens is 2. The second kappa shape index (κ2) is 11.7. The van der Waals surface area contributed by atoms with Crippen molar-refractivity contribution in [3.63, 3.8) is 0 Å². The Balaban J connectivity index is 4.59. The van der Waals surface area contributed by atoms with E-state index >= 15 is 0 Å². The summed E-state index contributed by atoms with van der Waals surface area (Å²) in [6, 6.07) is 0. The Morgan fingerprint density at radius 1 is 1.24 bits per heavy atom. The van der Waals surface area contributed by atoms with Crippen LogP contribution in [0, 0.1) is 0 Å². The van der Waals surface area contributed by atoms with Gasteiger partial charge in [0.25, 0.3) is 0 Å². The highest BCUT2D eigenvalue weighted by molar-refractivity contribution is 7.54. The molecule has 0 aromatic rings. The summed E-state index contributed by atoms with van der Waals surface area (Å²) in [4.78, 5) is 21.8. The van der Waals surface area contributed by atoms with Crippen LogP contribution in [0.2, 0.25) is 0 Å². The number of carbonyl (C=O) groups excluding carboxylic acids is 1.